The molecule has 7 nitrogen and oxygen atoms in total. The number of carbonyl (C=O) groups is 1. The minimum atomic E-state index is -0.602. The number of hydrogen-bond acceptors (Lipinski definition) is 5. The zero-order valence-corrected chi connectivity index (χ0v) is 14.0. The van der Waals surface area contributed by atoms with E-state index in [-0.39, 0.29) is 17.4 Å². The van der Waals surface area contributed by atoms with E-state index in [4.69, 9.17) is 4.74 Å². The van der Waals surface area contributed by atoms with Crippen LogP contribution in [-0.2, 0) is 4.74 Å². The number of ether oxygens (including phenoxy) is 1. The standard InChI is InChI=1S/C16H25N3O4/c1-15(2,3)22-13(20)17-11(12-18-14(21)23-19-12)10-9-16(10)7-5-4-6-8-16/h10-11H,4-9H2,1-3H3,(H,17,20)(H,18,19,21). The molecule has 0 saturated heterocycles. The van der Waals surface area contributed by atoms with Crippen molar-refractivity contribution < 1.29 is 14.1 Å². The van der Waals surface area contributed by atoms with Gasteiger partial charge in [-0.3, -0.25) is 9.51 Å². The van der Waals surface area contributed by atoms with E-state index in [1.807, 2.05) is 20.8 Å². The zero-order chi connectivity index (χ0) is 16.7. The molecule has 0 bridgehead atoms. The number of hydrogen-bond donors (Lipinski definition) is 2. The van der Waals surface area contributed by atoms with Gasteiger partial charge in [0.15, 0.2) is 5.82 Å². The molecule has 2 fully saturated rings. The number of carbonyl (C=O) groups excluding carboxylic acids is 1. The second-order valence-electron chi connectivity index (χ2n) is 7.84. The normalized spacial score (nSPS) is 24.2. The van der Waals surface area contributed by atoms with Crippen molar-refractivity contribution in [1.82, 2.24) is 15.5 Å². The van der Waals surface area contributed by atoms with Crippen LogP contribution in [0.25, 0.3) is 0 Å². The van der Waals surface area contributed by atoms with Crippen LogP contribution in [0.15, 0.2) is 9.32 Å². The summed E-state index contributed by atoms with van der Waals surface area (Å²) < 4.78 is 9.98. The van der Waals surface area contributed by atoms with Gasteiger partial charge in [0, 0.05) is 0 Å². The van der Waals surface area contributed by atoms with Crippen molar-refractivity contribution in [3.05, 3.63) is 16.4 Å². The maximum Gasteiger partial charge on any atom is 0.438 e. The molecule has 128 valence electrons. The molecule has 3 rings (SSSR count). The van der Waals surface area contributed by atoms with Crippen LogP contribution in [0.5, 0.6) is 0 Å². The fourth-order valence-electron chi connectivity index (χ4n) is 3.85. The van der Waals surface area contributed by atoms with Gasteiger partial charge in [-0.15, -0.1) is 0 Å². The predicted molar refractivity (Wildman–Crippen MR) is 82.9 cm³/mol. The third kappa shape index (κ3) is 3.59. The maximum atomic E-state index is 12.2. The Hall–Kier alpha value is -1.79. The number of amides is 1. The van der Waals surface area contributed by atoms with Crippen LogP contribution < -0.4 is 11.1 Å². The highest BCUT2D eigenvalue weighted by molar-refractivity contribution is 5.68. The Kier molecular flexibility index (Phi) is 3.98. The van der Waals surface area contributed by atoms with E-state index in [0.717, 1.165) is 6.42 Å². The molecule has 1 aromatic heterocycles. The van der Waals surface area contributed by atoms with Crippen molar-refractivity contribution in [3.63, 3.8) is 0 Å². The highest BCUT2D eigenvalue weighted by Gasteiger charge is 2.58. The Balaban J connectivity index is 1.76. The highest BCUT2D eigenvalue weighted by Crippen LogP contribution is 2.65. The minimum absolute atomic E-state index is 0.272. The molecule has 0 aliphatic heterocycles. The Morgan fingerprint density at radius 3 is 2.65 bits per heavy atom. The fourth-order valence-corrected chi connectivity index (χ4v) is 3.85. The lowest BCUT2D eigenvalue weighted by Crippen LogP contribution is -2.37. The zero-order valence-electron chi connectivity index (χ0n) is 14.0. The molecule has 7 heteroatoms. The Morgan fingerprint density at radius 1 is 1.39 bits per heavy atom. The van der Waals surface area contributed by atoms with Crippen molar-refractivity contribution in [2.45, 2.75) is 70.9 Å². The number of nitrogens with zero attached hydrogens (tertiary/aromatic N) is 1. The van der Waals surface area contributed by atoms with Crippen LogP contribution in [0.2, 0.25) is 0 Å². The quantitative estimate of drug-likeness (QED) is 0.891. The van der Waals surface area contributed by atoms with E-state index < -0.39 is 17.5 Å². The molecular formula is C16H25N3O4. The average Bonchev–Trinajstić information content (AvgIpc) is 2.93. The largest absolute Gasteiger partial charge is 0.444 e. The summed E-state index contributed by atoms with van der Waals surface area (Å²) >= 11 is 0. The third-order valence-electron chi connectivity index (χ3n) is 4.93. The van der Waals surface area contributed by atoms with Gasteiger partial charge in [-0.25, -0.2) is 9.59 Å². The van der Waals surface area contributed by atoms with Crippen LogP contribution >= 0.6 is 0 Å². The topological polar surface area (TPSA) is 97.2 Å². The van der Waals surface area contributed by atoms with E-state index in [9.17, 15) is 9.59 Å². The molecule has 2 aliphatic carbocycles. The van der Waals surface area contributed by atoms with E-state index in [1.54, 1.807) is 0 Å². The minimum Gasteiger partial charge on any atom is -0.444 e. The van der Waals surface area contributed by atoms with Crippen molar-refractivity contribution >= 4 is 6.09 Å². The van der Waals surface area contributed by atoms with Crippen LogP contribution in [-0.4, -0.2) is 21.8 Å². The summed E-state index contributed by atoms with van der Waals surface area (Å²) in [6.45, 7) is 5.46. The van der Waals surface area contributed by atoms with Gasteiger partial charge in [0.25, 0.3) is 0 Å². The first kappa shape index (κ1) is 16.1. The lowest BCUT2D eigenvalue weighted by atomic mass is 9.83. The summed E-state index contributed by atoms with van der Waals surface area (Å²) in [5.74, 6) is 0.0544. The van der Waals surface area contributed by atoms with Gasteiger partial charge >= 0.3 is 11.8 Å². The average molecular weight is 323 g/mol. The molecule has 1 amide bonds. The van der Waals surface area contributed by atoms with E-state index in [1.165, 1.54) is 32.1 Å². The number of aromatic amines is 1. The van der Waals surface area contributed by atoms with Crippen LogP contribution in [0.3, 0.4) is 0 Å². The first-order chi connectivity index (χ1) is 10.8. The predicted octanol–water partition coefficient (Wildman–Crippen LogP) is 2.90. The first-order valence-corrected chi connectivity index (χ1v) is 8.35. The first-order valence-electron chi connectivity index (χ1n) is 8.35. The Bertz CT molecular complexity index is 622. The number of aromatic nitrogens is 2. The lowest BCUT2D eigenvalue weighted by molar-refractivity contribution is 0.0487. The molecule has 2 atom stereocenters. The third-order valence-corrected chi connectivity index (χ3v) is 4.93. The SMILES string of the molecule is CC(C)(C)OC(=O)NC(c1noc(=O)[nH]1)C1CC12CCCCC2. The van der Waals surface area contributed by atoms with Gasteiger partial charge in [0.1, 0.15) is 5.60 Å². The summed E-state index contributed by atoms with van der Waals surface area (Å²) in [5, 5.41) is 6.67. The molecule has 1 spiro atoms. The van der Waals surface area contributed by atoms with Crippen molar-refractivity contribution in [2.24, 2.45) is 11.3 Å². The van der Waals surface area contributed by atoms with Crippen LogP contribution in [0.4, 0.5) is 4.79 Å². The van der Waals surface area contributed by atoms with Gasteiger partial charge in [-0.1, -0.05) is 24.4 Å². The lowest BCUT2D eigenvalue weighted by Gasteiger charge is -2.26. The second kappa shape index (κ2) is 5.69. The van der Waals surface area contributed by atoms with Gasteiger partial charge in [0.2, 0.25) is 0 Å². The van der Waals surface area contributed by atoms with Gasteiger partial charge in [-0.05, 0) is 51.4 Å². The Labute approximate surface area is 135 Å². The molecular weight excluding hydrogens is 298 g/mol. The summed E-state index contributed by atoms with van der Waals surface area (Å²) in [6.07, 6.45) is 6.63. The molecule has 0 aromatic carbocycles. The van der Waals surface area contributed by atoms with Gasteiger partial charge < -0.3 is 10.1 Å². The second-order valence-corrected chi connectivity index (χ2v) is 7.84. The monoisotopic (exact) mass is 323 g/mol. The molecule has 1 heterocycles. The summed E-state index contributed by atoms with van der Waals surface area (Å²) in [7, 11) is 0. The molecule has 2 saturated carbocycles. The number of nitrogens with one attached hydrogen (secondary N) is 2. The van der Waals surface area contributed by atoms with Crippen LogP contribution in [0.1, 0.15) is 71.2 Å². The number of H-pyrrole nitrogens is 1. The molecule has 0 radical (unpaired) electrons. The molecule has 2 N–H and O–H groups in total. The summed E-state index contributed by atoms with van der Waals surface area (Å²) in [5.41, 5.74) is -0.300. The van der Waals surface area contributed by atoms with E-state index >= 15 is 0 Å². The Morgan fingerprint density at radius 2 is 2.09 bits per heavy atom. The van der Waals surface area contributed by atoms with Crippen LogP contribution in [0, 0.1) is 11.3 Å². The van der Waals surface area contributed by atoms with Crippen molar-refractivity contribution in [3.8, 4) is 0 Å². The number of alkyl carbamates (subject to hydrolysis) is 1. The van der Waals surface area contributed by atoms with E-state index in [2.05, 4.69) is 20.0 Å². The van der Waals surface area contributed by atoms with Gasteiger partial charge in [-0.2, -0.15) is 0 Å². The summed E-state index contributed by atoms with van der Waals surface area (Å²) in [4.78, 5) is 26.0. The fraction of sp³-hybridized carbons (Fsp3) is 0.812. The molecule has 2 unspecified atom stereocenters. The summed E-state index contributed by atoms with van der Waals surface area (Å²) in [6, 6.07) is -0.366. The van der Waals surface area contributed by atoms with Crippen molar-refractivity contribution in [2.75, 3.05) is 0 Å². The van der Waals surface area contributed by atoms with E-state index in [0.29, 0.717) is 5.82 Å². The van der Waals surface area contributed by atoms with Gasteiger partial charge in [0.05, 0.1) is 6.04 Å². The molecule has 2 aliphatic rings. The smallest absolute Gasteiger partial charge is 0.438 e. The number of rotatable bonds is 3. The van der Waals surface area contributed by atoms with Crippen molar-refractivity contribution in [1.29, 1.82) is 0 Å². The maximum absolute atomic E-state index is 12.2. The molecule has 23 heavy (non-hydrogen) atoms. The highest BCUT2D eigenvalue weighted by atomic mass is 16.6. The molecule has 1 aromatic rings.